The van der Waals surface area contributed by atoms with E-state index in [2.05, 4.69) is 5.32 Å². The molecule has 0 aromatic rings. The molecule has 2 atom stereocenters. The summed E-state index contributed by atoms with van der Waals surface area (Å²) in [6.45, 7) is 5.04. The molecule has 0 fully saturated rings. The van der Waals surface area contributed by atoms with E-state index in [-0.39, 0.29) is 17.9 Å². The first-order valence-electron chi connectivity index (χ1n) is 4.76. The van der Waals surface area contributed by atoms with Crippen LogP contribution in [0.2, 0.25) is 0 Å². The van der Waals surface area contributed by atoms with E-state index in [9.17, 15) is 9.90 Å². The van der Waals surface area contributed by atoms with Crippen LogP contribution in [0.4, 0.5) is 0 Å². The molecule has 78 valence electrons. The number of rotatable bonds is 7. The first-order chi connectivity index (χ1) is 6.07. The maximum atomic E-state index is 10.6. The van der Waals surface area contributed by atoms with Gasteiger partial charge >= 0.3 is 0 Å². The Bertz CT molecular complexity index is 151. The second-order valence-corrected chi connectivity index (χ2v) is 3.36. The topological polar surface area (TPSA) is 75.3 Å². The molecule has 0 saturated heterocycles. The molecule has 0 aliphatic heterocycles. The molecule has 0 radical (unpaired) electrons. The number of hydrogen-bond donors (Lipinski definition) is 3. The summed E-state index contributed by atoms with van der Waals surface area (Å²) >= 11 is 0. The smallest absolute Gasteiger partial charge is 0.221 e. The third-order valence-electron chi connectivity index (χ3n) is 2.06. The number of primary amides is 1. The summed E-state index contributed by atoms with van der Waals surface area (Å²) in [4.78, 5) is 10.6. The summed E-state index contributed by atoms with van der Waals surface area (Å²) in [6, 6.07) is 0. The summed E-state index contributed by atoms with van der Waals surface area (Å²) in [5, 5.41) is 12.3. The largest absolute Gasteiger partial charge is 0.393 e. The first-order valence-corrected chi connectivity index (χ1v) is 4.76. The van der Waals surface area contributed by atoms with E-state index in [0.717, 1.165) is 19.4 Å². The highest BCUT2D eigenvalue weighted by Crippen LogP contribution is 1.95. The number of carbonyl (C=O) groups excluding carboxylic acids is 1. The van der Waals surface area contributed by atoms with E-state index >= 15 is 0 Å². The number of nitrogens with one attached hydrogen (secondary N) is 1. The van der Waals surface area contributed by atoms with Crippen molar-refractivity contribution in [3.05, 3.63) is 0 Å². The molecule has 1 amide bonds. The molecule has 0 saturated carbocycles. The van der Waals surface area contributed by atoms with Crippen molar-refractivity contribution in [1.29, 1.82) is 0 Å². The second-order valence-electron chi connectivity index (χ2n) is 3.36. The van der Waals surface area contributed by atoms with Crippen molar-refractivity contribution >= 4 is 5.91 Å². The van der Waals surface area contributed by atoms with Crippen LogP contribution in [0.5, 0.6) is 0 Å². The molecular weight excluding hydrogens is 168 g/mol. The van der Waals surface area contributed by atoms with Gasteiger partial charge in [0.2, 0.25) is 5.91 Å². The Balaban J connectivity index is 3.30. The highest BCUT2D eigenvalue weighted by molar-refractivity contribution is 5.76. The highest BCUT2D eigenvalue weighted by atomic mass is 16.3. The fraction of sp³-hybridized carbons (Fsp3) is 0.889. The Hall–Kier alpha value is -0.610. The monoisotopic (exact) mass is 188 g/mol. The van der Waals surface area contributed by atoms with Crippen LogP contribution in [-0.4, -0.2) is 30.2 Å². The third-order valence-corrected chi connectivity index (χ3v) is 2.06. The minimum atomic E-state index is -0.288. The molecule has 0 aromatic heterocycles. The van der Waals surface area contributed by atoms with Crippen molar-refractivity contribution in [3.8, 4) is 0 Å². The molecule has 4 N–H and O–H groups in total. The molecule has 4 nitrogen and oxygen atoms in total. The highest BCUT2D eigenvalue weighted by Gasteiger charge is 2.07. The van der Waals surface area contributed by atoms with Crippen molar-refractivity contribution in [2.24, 2.45) is 11.7 Å². The zero-order valence-electron chi connectivity index (χ0n) is 8.42. The predicted molar refractivity (Wildman–Crippen MR) is 52.1 cm³/mol. The average molecular weight is 188 g/mol. The number of aliphatic hydroxyl groups excluding tert-OH is 1. The van der Waals surface area contributed by atoms with Crippen molar-refractivity contribution in [3.63, 3.8) is 0 Å². The van der Waals surface area contributed by atoms with E-state index in [4.69, 9.17) is 5.73 Å². The Labute approximate surface area is 79.5 Å². The Kier molecular flexibility index (Phi) is 6.54. The van der Waals surface area contributed by atoms with Gasteiger partial charge in [-0.2, -0.15) is 0 Å². The van der Waals surface area contributed by atoms with Gasteiger partial charge in [-0.05, 0) is 19.4 Å². The Morgan fingerprint density at radius 2 is 2.23 bits per heavy atom. The van der Waals surface area contributed by atoms with Crippen molar-refractivity contribution in [2.45, 2.75) is 32.8 Å². The van der Waals surface area contributed by atoms with Gasteiger partial charge in [0.25, 0.3) is 0 Å². The minimum absolute atomic E-state index is 0.140. The molecule has 0 aliphatic rings. The van der Waals surface area contributed by atoms with E-state index < -0.39 is 0 Å². The molecule has 0 aliphatic carbocycles. The van der Waals surface area contributed by atoms with Crippen molar-refractivity contribution in [2.75, 3.05) is 13.1 Å². The maximum absolute atomic E-state index is 10.6. The molecule has 0 bridgehead atoms. The SMILES string of the molecule is CCC(O)CCNCC(C)C(N)=O. The van der Waals surface area contributed by atoms with Crippen LogP contribution >= 0.6 is 0 Å². The number of nitrogens with two attached hydrogens (primary N) is 1. The molecule has 0 spiro atoms. The van der Waals surface area contributed by atoms with Gasteiger partial charge in [0, 0.05) is 12.5 Å². The number of hydrogen-bond acceptors (Lipinski definition) is 3. The van der Waals surface area contributed by atoms with Crippen LogP contribution in [0.3, 0.4) is 0 Å². The Morgan fingerprint density at radius 3 is 2.69 bits per heavy atom. The summed E-state index contributed by atoms with van der Waals surface area (Å²) in [6.07, 6.45) is 1.26. The second kappa shape index (κ2) is 6.86. The van der Waals surface area contributed by atoms with E-state index in [1.807, 2.05) is 6.92 Å². The van der Waals surface area contributed by atoms with Gasteiger partial charge in [0.05, 0.1) is 6.10 Å². The van der Waals surface area contributed by atoms with E-state index in [0.29, 0.717) is 6.54 Å². The lowest BCUT2D eigenvalue weighted by Crippen LogP contribution is -2.32. The fourth-order valence-electron chi connectivity index (χ4n) is 0.892. The number of carbonyl (C=O) groups is 1. The van der Waals surface area contributed by atoms with Gasteiger partial charge in [0.15, 0.2) is 0 Å². The lowest BCUT2D eigenvalue weighted by molar-refractivity contribution is -0.121. The van der Waals surface area contributed by atoms with Gasteiger partial charge in [0.1, 0.15) is 0 Å². The van der Waals surface area contributed by atoms with Crippen LogP contribution in [0.1, 0.15) is 26.7 Å². The standard InChI is InChI=1S/C9H20N2O2/c1-3-8(12)4-5-11-6-7(2)9(10)13/h7-8,11-12H,3-6H2,1-2H3,(H2,10,13). The van der Waals surface area contributed by atoms with Crippen molar-refractivity contribution < 1.29 is 9.90 Å². The van der Waals surface area contributed by atoms with Crippen LogP contribution < -0.4 is 11.1 Å². The van der Waals surface area contributed by atoms with Gasteiger partial charge in [-0.15, -0.1) is 0 Å². The molecule has 2 unspecified atom stereocenters. The molecule has 13 heavy (non-hydrogen) atoms. The third kappa shape index (κ3) is 6.54. The molecule has 4 heteroatoms. The average Bonchev–Trinajstić information content (AvgIpc) is 2.11. The van der Waals surface area contributed by atoms with Crippen molar-refractivity contribution in [1.82, 2.24) is 5.32 Å². The number of aliphatic hydroxyl groups is 1. The van der Waals surface area contributed by atoms with Crippen LogP contribution in [0, 0.1) is 5.92 Å². The van der Waals surface area contributed by atoms with Gasteiger partial charge in [-0.1, -0.05) is 13.8 Å². The fourth-order valence-corrected chi connectivity index (χ4v) is 0.892. The van der Waals surface area contributed by atoms with Gasteiger partial charge < -0.3 is 16.2 Å². The quantitative estimate of drug-likeness (QED) is 0.487. The molecular formula is C9H20N2O2. The summed E-state index contributed by atoms with van der Waals surface area (Å²) in [5.74, 6) is -0.428. The molecule has 0 aromatic carbocycles. The maximum Gasteiger partial charge on any atom is 0.221 e. The first kappa shape index (κ1) is 12.4. The van der Waals surface area contributed by atoms with Crippen LogP contribution in [0.25, 0.3) is 0 Å². The zero-order chi connectivity index (χ0) is 10.3. The van der Waals surface area contributed by atoms with E-state index in [1.54, 1.807) is 6.92 Å². The number of amides is 1. The predicted octanol–water partition coefficient (Wildman–Crippen LogP) is -0.142. The summed E-state index contributed by atoms with van der Waals surface area (Å²) in [5.41, 5.74) is 5.08. The van der Waals surface area contributed by atoms with Gasteiger partial charge in [-0.25, -0.2) is 0 Å². The minimum Gasteiger partial charge on any atom is -0.393 e. The molecule has 0 heterocycles. The lowest BCUT2D eigenvalue weighted by Gasteiger charge is -2.10. The summed E-state index contributed by atoms with van der Waals surface area (Å²) < 4.78 is 0. The van der Waals surface area contributed by atoms with Crippen LogP contribution in [0.15, 0.2) is 0 Å². The Morgan fingerprint density at radius 1 is 1.62 bits per heavy atom. The normalized spacial score (nSPS) is 15.3. The van der Waals surface area contributed by atoms with Crippen LogP contribution in [-0.2, 0) is 4.79 Å². The lowest BCUT2D eigenvalue weighted by atomic mass is 10.1. The zero-order valence-corrected chi connectivity index (χ0v) is 8.42. The van der Waals surface area contributed by atoms with Gasteiger partial charge in [-0.3, -0.25) is 4.79 Å². The van der Waals surface area contributed by atoms with E-state index in [1.165, 1.54) is 0 Å². The molecule has 0 rings (SSSR count). The summed E-state index contributed by atoms with van der Waals surface area (Å²) in [7, 11) is 0.